The van der Waals surface area contributed by atoms with Gasteiger partial charge in [0.05, 0.1) is 17.5 Å². The summed E-state index contributed by atoms with van der Waals surface area (Å²) in [6, 6.07) is 5.64. The van der Waals surface area contributed by atoms with Gasteiger partial charge in [-0.05, 0) is 31.9 Å². The van der Waals surface area contributed by atoms with Gasteiger partial charge in [-0.15, -0.1) is 0 Å². The molecule has 1 aliphatic heterocycles. The second-order valence-electron chi connectivity index (χ2n) is 6.03. The number of likely N-dealkylation sites (tertiary alicyclic amines) is 1. The summed E-state index contributed by atoms with van der Waals surface area (Å²) in [5, 5.41) is 9.12. The molecule has 2 heterocycles. The number of likely N-dealkylation sites (N-methyl/N-ethyl adjacent to an activating group) is 1. The van der Waals surface area contributed by atoms with Crippen LogP contribution in [0.25, 0.3) is 0 Å². The van der Waals surface area contributed by atoms with E-state index in [1.54, 1.807) is 25.5 Å². The fourth-order valence-corrected chi connectivity index (χ4v) is 2.53. The van der Waals surface area contributed by atoms with E-state index in [9.17, 15) is 9.59 Å². The number of pyridine rings is 1. The fourth-order valence-electron chi connectivity index (χ4n) is 2.53. The highest BCUT2D eigenvalue weighted by Crippen LogP contribution is 2.29. The van der Waals surface area contributed by atoms with Gasteiger partial charge in [-0.3, -0.25) is 14.6 Å². The van der Waals surface area contributed by atoms with Crippen LogP contribution in [0.5, 0.6) is 0 Å². The lowest BCUT2D eigenvalue weighted by atomic mass is 9.92. The molecule has 0 bridgehead atoms. The van der Waals surface area contributed by atoms with Gasteiger partial charge >= 0.3 is 11.8 Å². The van der Waals surface area contributed by atoms with Crippen LogP contribution < -0.4 is 0 Å². The largest absolute Gasteiger partial charge is 0.333 e. The summed E-state index contributed by atoms with van der Waals surface area (Å²) in [6.07, 6.45) is 3.95. The monoisotopic (exact) mass is 300 g/mol. The van der Waals surface area contributed by atoms with Gasteiger partial charge in [-0.1, -0.05) is 6.07 Å². The zero-order chi connectivity index (χ0) is 16.3. The molecule has 6 nitrogen and oxygen atoms in total. The smallest absolute Gasteiger partial charge is 0.312 e. The van der Waals surface area contributed by atoms with Crippen molar-refractivity contribution in [3.63, 3.8) is 0 Å². The molecular weight excluding hydrogens is 280 g/mol. The molecular formula is C16H20N4O2. The van der Waals surface area contributed by atoms with Crippen molar-refractivity contribution in [3.8, 4) is 6.07 Å². The Balaban J connectivity index is 2.05. The van der Waals surface area contributed by atoms with E-state index in [0.717, 1.165) is 5.56 Å². The molecule has 1 fully saturated rings. The lowest BCUT2D eigenvalue weighted by molar-refractivity contribution is -0.151. The molecule has 1 aromatic rings. The molecule has 0 saturated carbocycles. The lowest BCUT2D eigenvalue weighted by Crippen LogP contribution is -2.44. The average molecular weight is 300 g/mol. The van der Waals surface area contributed by atoms with Gasteiger partial charge in [0.1, 0.15) is 0 Å². The molecule has 0 radical (unpaired) electrons. The zero-order valence-corrected chi connectivity index (χ0v) is 13.1. The third kappa shape index (κ3) is 3.08. The summed E-state index contributed by atoms with van der Waals surface area (Å²) in [6.45, 7) is 4.42. The molecule has 2 rings (SSSR count). The van der Waals surface area contributed by atoms with Gasteiger partial charge in [0, 0.05) is 32.5 Å². The van der Waals surface area contributed by atoms with Crippen LogP contribution in [0.4, 0.5) is 0 Å². The number of aromatic nitrogens is 1. The quantitative estimate of drug-likeness (QED) is 0.773. The first-order valence-corrected chi connectivity index (χ1v) is 7.25. The Labute approximate surface area is 130 Å². The van der Waals surface area contributed by atoms with Crippen molar-refractivity contribution in [2.75, 3.05) is 20.1 Å². The molecule has 2 amide bonds. The number of amides is 2. The van der Waals surface area contributed by atoms with E-state index in [1.165, 1.54) is 9.80 Å². The normalized spacial score (nSPS) is 22.0. The van der Waals surface area contributed by atoms with Crippen molar-refractivity contribution >= 4 is 11.8 Å². The maximum atomic E-state index is 12.4. The molecule has 1 saturated heterocycles. The van der Waals surface area contributed by atoms with Crippen LogP contribution in [0.3, 0.4) is 0 Å². The Hall–Kier alpha value is -2.42. The minimum absolute atomic E-state index is 0.241. The third-order valence-corrected chi connectivity index (χ3v) is 4.28. The van der Waals surface area contributed by atoms with Gasteiger partial charge in [0.25, 0.3) is 0 Å². The minimum Gasteiger partial charge on any atom is -0.333 e. The van der Waals surface area contributed by atoms with E-state index in [2.05, 4.69) is 11.1 Å². The first-order chi connectivity index (χ1) is 10.4. The van der Waals surface area contributed by atoms with E-state index in [1.807, 2.05) is 19.9 Å². The summed E-state index contributed by atoms with van der Waals surface area (Å²) in [5.41, 5.74) is 0.318. The van der Waals surface area contributed by atoms with Crippen molar-refractivity contribution in [1.82, 2.24) is 14.8 Å². The van der Waals surface area contributed by atoms with E-state index >= 15 is 0 Å². The minimum atomic E-state index is -0.557. The molecule has 1 aromatic heterocycles. The Bertz CT molecular complexity index is 610. The van der Waals surface area contributed by atoms with Gasteiger partial charge in [0.15, 0.2) is 0 Å². The molecule has 6 heteroatoms. The number of rotatable bonds is 2. The molecule has 0 aliphatic carbocycles. The fraction of sp³-hybridized carbons (Fsp3) is 0.500. The van der Waals surface area contributed by atoms with Crippen LogP contribution in [-0.2, 0) is 9.59 Å². The number of carbonyl (C=O) groups is 2. The van der Waals surface area contributed by atoms with Gasteiger partial charge in [-0.2, -0.15) is 5.26 Å². The Morgan fingerprint density at radius 2 is 2.27 bits per heavy atom. The van der Waals surface area contributed by atoms with E-state index in [4.69, 9.17) is 5.26 Å². The first-order valence-electron chi connectivity index (χ1n) is 7.25. The lowest BCUT2D eigenvalue weighted by Gasteiger charge is -2.26. The summed E-state index contributed by atoms with van der Waals surface area (Å²) in [4.78, 5) is 31.6. The zero-order valence-electron chi connectivity index (χ0n) is 13.1. The Morgan fingerprint density at radius 1 is 1.55 bits per heavy atom. The summed E-state index contributed by atoms with van der Waals surface area (Å²) in [7, 11) is 1.61. The van der Waals surface area contributed by atoms with Crippen molar-refractivity contribution in [2.45, 2.75) is 26.3 Å². The van der Waals surface area contributed by atoms with Crippen molar-refractivity contribution in [1.29, 1.82) is 5.26 Å². The van der Waals surface area contributed by atoms with Crippen LogP contribution in [0.1, 0.15) is 31.9 Å². The maximum Gasteiger partial charge on any atom is 0.312 e. The standard InChI is InChI=1S/C16H20N4O2/c1-12(13-5-4-7-18-9-13)19(3)14(21)15(22)20-8-6-16(2,10-17)11-20/h4-5,7,9,12H,6,8,11H2,1-3H3. The predicted molar refractivity (Wildman–Crippen MR) is 80.3 cm³/mol. The molecule has 2 atom stereocenters. The first kappa shape index (κ1) is 16.0. The van der Waals surface area contributed by atoms with Crippen LogP contribution in [-0.4, -0.2) is 46.7 Å². The molecule has 22 heavy (non-hydrogen) atoms. The third-order valence-electron chi connectivity index (χ3n) is 4.28. The summed E-state index contributed by atoms with van der Waals surface area (Å²) in [5.74, 6) is -1.10. The number of nitrogens with zero attached hydrogens (tertiary/aromatic N) is 4. The van der Waals surface area contributed by atoms with Crippen molar-refractivity contribution in [2.24, 2.45) is 5.41 Å². The molecule has 116 valence electrons. The number of carbonyl (C=O) groups excluding carboxylic acids is 2. The second-order valence-corrected chi connectivity index (χ2v) is 6.03. The van der Waals surface area contributed by atoms with Gasteiger partial charge < -0.3 is 9.80 Å². The van der Waals surface area contributed by atoms with E-state index in [0.29, 0.717) is 19.5 Å². The molecule has 0 aromatic carbocycles. The van der Waals surface area contributed by atoms with E-state index in [-0.39, 0.29) is 6.04 Å². The SMILES string of the molecule is CC(c1cccnc1)N(C)C(=O)C(=O)N1CCC(C)(C#N)C1. The van der Waals surface area contributed by atoms with E-state index < -0.39 is 17.2 Å². The molecule has 1 aliphatic rings. The van der Waals surface area contributed by atoms with Crippen molar-refractivity contribution < 1.29 is 9.59 Å². The van der Waals surface area contributed by atoms with Gasteiger partial charge in [-0.25, -0.2) is 0 Å². The second kappa shape index (κ2) is 6.14. The Morgan fingerprint density at radius 3 is 2.82 bits per heavy atom. The van der Waals surface area contributed by atoms with Crippen LogP contribution in [0, 0.1) is 16.7 Å². The van der Waals surface area contributed by atoms with Crippen LogP contribution in [0.2, 0.25) is 0 Å². The predicted octanol–water partition coefficient (Wildman–Crippen LogP) is 1.36. The maximum absolute atomic E-state index is 12.4. The highest BCUT2D eigenvalue weighted by Gasteiger charge is 2.39. The van der Waals surface area contributed by atoms with Crippen molar-refractivity contribution in [3.05, 3.63) is 30.1 Å². The average Bonchev–Trinajstić information content (AvgIpc) is 2.96. The number of hydrogen-bond acceptors (Lipinski definition) is 4. The van der Waals surface area contributed by atoms with Crippen LogP contribution >= 0.6 is 0 Å². The highest BCUT2D eigenvalue weighted by atomic mass is 16.2. The Kier molecular flexibility index (Phi) is 4.45. The molecule has 0 N–H and O–H groups in total. The highest BCUT2D eigenvalue weighted by molar-refractivity contribution is 6.35. The molecule has 0 spiro atoms. The summed E-state index contributed by atoms with van der Waals surface area (Å²) < 4.78 is 0. The number of nitriles is 1. The van der Waals surface area contributed by atoms with Crippen LogP contribution in [0.15, 0.2) is 24.5 Å². The van der Waals surface area contributed by atoms with Gasteiger partial charge in [0.2, 0.25) is 0 Å². The molecule has 2 unspecified atom stereocenters. The summed E-state index contributed by atoms with van der Waals surface area (Å²) >= 11 is 0. The topological polar surface area (TPSA) is 77.3 Å². The number of hydrogen-bond donors (Lipinski definition) is 0.